The van der Waals surface area contributed by atoms with Crippen LogP contribution >= 0.6 is 9.47 Å². The van der Waals surface area contributed by atoms with Crippen molar-refractivity contribution in [1.82, 2.24) is 0 Å². The molecule has 2 nitrogen and oxygen atoms in total. The lowest BCUT2D eigenvalue weighted by atomic mass is 10.0. The molecule has 2 rings (SSSR count). The fourth-order valence-corrected chi connectivity index (χ4v) is 2.46. The van der Waals surface area contributed by atoms with E-state index in [0.717, 1.165) is 37.2 Å². The second-order valence-electron chi connectivity index (χ2n) is 5.59. The smallest absolute Gasteiger partial charge is 0.134 e. The molecule has 0 N–H and O–H groups in total. The van der Waals surface area contributed by atoms with Crippen molar-refractivity contribution in [1.29, 1.82) is 0 Å². The van der Waals surface area contributed by atoms with Crippen LogP contribution in [-0.4, -0.2) is 6.61 Å². The Morgan fingerprint density at radius 1 is 1.15 bits per heavy atom. The highest BCUT2D eigenvalue weighted by Crippen LogP contribution is 2.24. The number of rotatable bonds is 7. The first-order valence-corrected chi connectivity index (χ1v) is 7.64. The van der Waals surface area contributed by atoms with E-state index >= 15 is 0 Å². The Kier molecular flexibility index (Phi) is 5.82. The minimum Gasteiger partial charge on any atom is -0.464 e. The molecular weight excluding hydrogens is 267 g/mol. The maximum absolute atomic E-state index is 5.66. The number of furan rings is 1. The summed E-state index contributed by atoms with van der Waals surface area (Å²) >= 11 is 0. The fraction of sp³-hybridized carbons (Fsp3) is 0.412. The van der Waals surface area contributed by atoms with Crippen LogP contribution in [0.3, 0.4) is 0 Å². The predicted molar refractivity (Wildman–Crippen MR) is 86.7 cm³/mol. The summed E-state index contributed by atoms with van der Waals surface area (Å²) in [5, 5.41) is 0. The molecule has 2 aromatic rings. The van der Waals surface area contributed by atoms with Crippen LogP contribution in [0.4, 0.5) is 0 Å². The van der Waals surface area contributed by atoms with Gasteiger partial charge in [0.15, 0.2) is 0 Å². The Bertz CT molecular complexity index is 514. The van der Waals surface area contributed by atoms with Crippen LogP contribution in [0.15, 0.2) is 41.0 Å². The van der Waals surface area contributed by atoms with Crippen molar-refractivity contribution >= 4 is 9.47 Å². The molecule has 0 aliphatic carbocycles. The molecule has 0 saturated carbocycles. The molecule has 3 heteroatoms. The first-order valence-electron chi connectivity index (χ1n) is 7.17. The van der Waals surface area contributed by atoms with Crippen molar-refractivity contribution in [2.75, 3.05) is 6.61 Å². The molecule has 108 valence electrons. The van der Waals surface area contributed by atoms with Crippen molar-refractivity contribution in [3.05, 3.63) is 47.7 Å². The van der Waals surface area contributed by atoms with E-state index < -0.39 is 0 Å². The van der Waals surface area contributed by atoms with E-state index in [-0.39, 0.29) is 0 Å². The van der Waals surface area contributed by atoms with E-state index in [9.17, 15) is 0 Å². The van der Waals surface area contributed by atoms with Gasteiger partial charge in [0, 0.05) is 15.0 Å². The summed E-state index contributed by atoms with van der Waals surface area (Å²) in [4.78, 5) is 0. The number of hydrogen-bond donors (Lipinski definition) is 0. The van der Waals surface area contributed by atoms with Gasteiger partial charge in [0.1, 0.15) is 5.76 Å². The summed E-state index contributed by atoms with van der Waals surface area (Å²) in [5.41, 5.74) is 3.76. The van der Waals surface area contributed by atoms with Gasteiger partial charge in [-0.05, 0) is 42.4 Å². The van der Waals surface area contributed by atoms with Gasteiger partial charge in [-0.2, -0.15) is 0 Å². The Morgan fingerprint density at radius 2 is 1.90 bits per heavy atom. The zero-order valence-corrected chi connectivity index (χ0v) is 13.4. The Hall–Kier alpha value is -1.11. The molecule has 1 aromatic carbocycles. The summed E-state index contributed by atoms with van der Waals surface area (Å²) in [5.74, 6) is 1.64. The van der Waals surface area contributed by atoms with Crippen molar-refractivity contribution in [2.45, 2.75) is 33.1 Å². The summed E-state index contributed by atoms with van der Waals surface area (Å²) in [7, 11) is 2.28. The van der Waals surface area contributed by atoms with Crippen LogP contribution in [0.5, 0.6) is 0 Å². The number of aryl methyl sites for hydroxylation is 1. The van der Waals surface area contributed by atoms with E-state index in [1.165, 1.54) is 11.1 Å². The van der Waals surface area contributed by atoms with Gasteiger partial charge in [0.2, 0.25) is 0 Å². The monoisotopic (exact) mass is 290 g/mol. The molecule has 0 bridgehead atoms. The lowest BCUT2D eigenvalue weighted by Gasteiger charge is -2.05. The minimum absolute atomic E-state index is 0.690. The van der Waals surface area contributed by atoms with Gasteiger partial charge in [-0.15, -0.1) is 0 Å². The summed E-state index contributed by atoms with van der Waals surface area (Å²) in [6.45, 7) is 5.24. The molecule has 0 aliphatic rings. The second-order valence-corrected chi connectivity index (χ2v) is 5.92. The van der Waals surface area contributed by atoms with Gasteiger partial charge in [-0.1, -0.05) is 38.1 Å². The zero-order valence-electron chi connectivity index (χ0n) is 12.3. The van der Waals surface area contributed by atoms with Crippen LogP contribution in [0.2, 0.25) is 0 Å². The molecule has 0 aliphatic heterocycles. The highest BCUT2D eigenvalue weighted by atomic mass is 31.0. The maximum atomic E-state index is 5.66. The minimum atomic E-state index is 0.690. The van der Waals surface area contributed by atoms with Crippen molar-refractivity contribution < 1.29 is 8.94 Å². The quantitative estimate of drug-likeness (QED) is 0.535. The SMILES string of the molecule is CC(C)Cc1ccc(-c2cc(CCCOP)co2)cc1. The van der Waals surface area contributed by atoms with Crippen LogP contribution in [-0.2, 0) is 17.4 Å². The van der Waals surface area contributed by atoms with Gasteiger partial charge >= 0.3 is 0 Å². The zero-order chi connectivity index (χ0) is 14.4. The normalized spacial score (nSPS) is 11.2. The molecule has 1 heterocycles. The largest absolute Gasteiger partial charge is 0.464 e. The van der Waals surface area contributed by atoms with Gasteiger partial charge in [0.05, 0.1) is 12.9 Å². The molecule has 0 radical (unpaired) electrons. The first-order chi connectivity index (χ1) is 9.69. The highest BCUT2D eigenvalue weighted by Gasteiger charge is 2.05. The van der Waals surface area contributed by atoms with E-state index in [1.807, 2.05) is 6.26 Å². The molecule has 0 amide bonds. The second kappa shape index (κ2) is 7.61. The van der Waals surface area contributed by atoms with Gasteiger partial charge < -0.3 is 8.94 Å². The number of hydrogen-bond acceptors (Lipinski definition) is 2. The van der Waals surface area contributed by atoms with E-state index in [1.54, 1.807) is 0 Å². The molecule has 0 fully saturated rings. The van der Waals surface area contributed by atoms with Crippen LogP contribution in [0, 0.1) is 5.92 Å². The van der Waals surface area contributed by atoms with Crippen LogP contribution in [0.1, 0.15) is 31.4 Å². The van der Waals surface area contributed by atoms with E-state index in [0.29, 0.717) is 5.92 Å². The molecule has 1 unspecified atom stereocenters. The van der Waals surface area contributed by atoms with Crippen molar-refractivity contribution in [3.63, 3.8) is 0 Å². The molecule has 0 spiro atoms. The first kappa shape index (κ1) is 15.3. The standard InChI is InChI=1S/C17H23O2P/c1-13(2)10-14-5-7-16(8-6-14)17-11-15(12-18-17)4-3-9-19-20/h5-8,11-13H,3-4,9-10,20H2,1-2H3. The van der Waals surface area contributed by atoms with Gasteiger partial charge in [-0.3, -0.25) is 0 Å². The average molecular weight is 290 g/mol. The Morgan fingerprint density at radius 3 is 2.55 bits per heavy atom. The third-order valence-corrected chi connectivity index (χ3v) is 3.50. The molecule has 20 heavy (non-hydrogen) atoms. The average Bonchev–Trinajstić information content (AvgIpc) is 2.88. The lowest BCUT2D eigenvalue weighted by molar-refractivity contribution is 0.362. The van der Waals surface area contributed by atoms with Crippen molar-refractivity contribution in [2.24, 2.45) is 5.92 Å². The van der Waals surface area contributed by atoms with Gasteiger partial charge in [-0.25, -0.2) is 0 Å². The van der Waals surface area contributed by atoms with E-state index in [4.69, 9.17) is 8.94 Å². The fourth-order valence-electron chi connectivity index (χ4n) is 2.29. The maximum Gasteiger partial charge on any atom is 0.134 e. The number of benzene rings is 1. The van der Waals surface area contributed by atoms with Crippen LogP contribution < -0.4 is 0 Å². The highest BCUT2D eigenvalue weighted by molar-refractivity contribution is 7.09. The molecule has 1 aromatic heterocycles. The van der Waals surface area contributed by atoms with Gasteiger partial charge in [0.25, 0.3) is 0 Å². The Labute approximate surface area is 123 Å². The Balaban J connectivity index is 2.00. The lowest BCUT2D eigenvalue weighted by Crippen LogP contribution is -1.93. The summed E-state index contributed by atoms with van der Waals surface area (Å²) < 4.78 is 10.6. The molecule has 0 saturated heterocycles. The predicted octanol–water partition coefficient (Wildman–Crippen LogP) is 4.88. The van der Waals surface area contributed by atoms with E-state index in [2.05, 4.69) is 53.6 Å². The summed E-state index contributed by atoms with van der Waals surface area (Å²) in [6, 6.07) is 10.8. The third-order valence-electron chi connectivity index (χ3n) is 3.26. The van der Waals surface area contributed by atoms with Crippen LogP contribution in [0.25, 0.3) is 11.3 Å². The summed E-state index contributed by atoms with van der Waals surface area (Å²) in [6.07, 6.45) is 4.97. The topological polar surface area (TPSA) is 22.4 Å². The van der Waals surface area contributed by atoms with Crippen molar-refractivity contribution in [3.8, 4) is 11.3 Å². The third kappa shape index (κ3) is 4.47. The molecular formula is C17H23O2P. The molecule has 1 atom stereocenters.